The maximum Gasteiger partial charge on any atom is 0.329 e. The van der Waals surface area contributed by atoms with E-state index in [0.717, 1.165) is 6.42 Å². The van der Waals surface area contributed by atoms with Crippen molar-refractivity contribution in [1.29, 1.82) is 0 Å². The second kappa shape index (κ2) is 6.59. The Kier molecular flexibility index (Phi) is 5.36. The predicted molar refractivity (Wildman–Crippen MR) is 75.3 cm³/mol. The van der Waals surface area contributed by atoms with Gasteiger partial charge in [-0.05, 0) is 38.8 Å². The lowest BCUT2D eigenvalue weighted by Crippen LogP contribution is -2.47. The fourth-order valence-corrected chi connectivity index (χ4v) is 1.65. The van der Waals surface area contributed by atoms with E-state index in [0.29, 0.717) is 0 Å². The van der Waals surface area contributed by atoms with Crippen LogP contribution in [0.15, 0.2) is 22.8 Å². The number of amides is 1. The zero-order valence-electron chi connectivity index (χ0n) is 12.7. The molecule has 112 valence electrons. The number of ether oxygens (including phenoxy) is 1. The van der Waals surface area contributed by atoms with E-state index in [1.165, 1.54) is 6.26 Å². The molecule has 5 heteroatoms. The van der Waals surface area contributed by atoms with E-state index in [2.05, 4.69) is 5.32 Å². The van der Waals surface area contributed by atoms with Gasteiger partial charge in [0.15, 0.2) is 5.76 Å². The average molecular weight is 281 g/mol. The highest BCUT2D eigenvalue weighted by atomic mass is 16.6. The lowest BCUT2D eigenvalue weighted by molar-refractivity contribution is -0.158. The first kappa shape index (κ1) is 16.3. The summed E-state index contributed by atoms with van der Waals surface area (Å²) in [5.41, 5.74) is -0.585. The molecule has 0 saturated heterocycles. The molecular formula is C15H23NO4. The minimum absolute atomic E-state index is 0.0243. The Morgan fingerprint density at radius 2 is 2.05 bits per heavy atom. The van der Waals surface area contributed by atoms with Gasteiger partial charge in [0, 0.05) is 0 Å². The normalized spacial score (nSPS) is 14.4. The lowest BCUT2D eigenvalue weighted by Gasteiger charge is -2.27. The number of rotatable bonds is 5. The molecule has 1 aromatic heterocycles. The van der Waals surface area contributed by atoms with Crippen molar-refractivity contribution in [3.05, 3.63) is 24.2 Å². The number of hydrogen-bond donors (Lipinski definition) is 1. The lowest BCUT2D eigenvalue weighted by atomic mass is 9.98. The Bertz CT molecular complexity index is 445. The maximum atomic E-state index is 12.2. The van der Waals surface area contributed by atoms with Crippen LogP contribution in [-0.4, -0.2) is 23.5 Å². The molecule has 0 radical (unpaired) electrons. The van der Waals surface area contributed by atoms with E-state index in [-0.39, 0.29) is 11.7 Å². The summed E-state index contributed by atoms with van der Waals surface area (Å²) in [6.45, 7) is 9.25. The zero-order valence-corrected chi connectivity index (χ0v) is 12.7. The molecule has 1 rings (SSSR count). The number of hydrogen-bond acceptors (Lipinski definition) is 4. The number of carbonyl (C=O) groups is 2. The molecule has 0 aromatic carbocycles. The molecule has 20 heavy (non-hydrogen) atoms. The number of nitrogens with one attached hydrogen (secondary N) is 1. The van der Waals surface area contributed by atoms with Crippen LogP contribution in [-0.2, 0) is 9.53 Å². The van der Waals surface area contributed by atoms with Crippen LogP contribution in [0.4, 0.5) is 0 Å². The van der Waals surface area contributed by atoms with Gasteiger partial charge in [-0.25, -0.2) is 4.79 Å². The second-order valence-corrected chi connectivity index (χ2v) is 5.85. The second-order valence-electron chi connectivity index (χ2n) is 5.85. The topological polar surface area (TPSA) is 68.5 Å². The number of esters is 1. The van der Waals surface area contributed by atoms with E-state index >= 15 is 0 Å². The molecule has 1 N–H and O–H groups in total. The van der Waals surface area contributed by atoms with Gasteiger partial charge in [0.1, 0.15) is 11.6 Å². The molecular weight excluding hydrogens is 258 g/mol. The molecule has 1 aromatic rings. The van der Waals surface area contributed by atoms with E-state index in [9.17, 15) is 9.59 Å². The van der Waals surface area contributed by atoms with Gasteiger partial charge in [-0.15, -0.1) is 0 Å². The summed E-state index contributed by atoms with van der Waals surface area (Å²) >= 11 is 0. The Morgan fingerprint density at radius 1 is 1.40 bits per heavy atom. The zero-order chi connectivity index (χ0) is 15.3. The summed E-state index contributed by atoms with van der Waals surface area (Å²) in [6, 6.07) is 2.50. The SMILES string of the molecule is CC[C@H](C)[C@H](NC(=O)c1ccco1)C(=O)OC(C)(C)C. The van der Waals surface area contributed by atoms with Crippen molar-refractivity contribution in [2.75, 3.05) is 0 Å². The molecule has 0 aliphatic heterocycles. The molecule has 5 nitrogen and oxygen atoms in total. The van der Waals surface area contributed by atoms with Crippen LogP contribution in [0, 0.1) is 5.92 Å². The molecule has 1 heterocycles. The third-order valence-electron chi connectivity index (χ3n) is 2.91. The predicted octanol–water partition coefficient (Wildman–Crippen LogP) is 2.77. The monoisotopic (exact) mass is 281 g/mol. The Labute approximate surface area is 119 Å². The first-order valence-corrected chi connectivity index (χ1v) is 6.82. The van der Waals surface area contributed by atoms with Crippen LogP contribution in [0.3, 0.4) is 0 Å². The highest BCUT2D eigenvalue weighted by Gasteiger charge is 2.31. The molecule has 0 bridgehead atoms. The maximum absolute atomic E-state index is 12.2. The largest absolute Gasteiger partial charge is 0.459 e. The number of furan rings is 1. The van der Waals surface area contributed by atoms with Crippen LogP contribution in [0.25, 0.3) is 0 Å². The summed E-state index contributed by atoms with van der Waals surface area (Å²) in [6.07, 6.45) is 2.17. The van der Waals surface area contributed by atoms with Crippen molar-refractivity contribution in [1.82, 2.24) is 5.32 Å². The molecule has 2 atom stereocenters. The van der Waals surface area contributed by atoms with E-state index in [4.69, 9.17) is 9.15 Å². The van der Waals surface area contributed by atoms with E-state index < -0.39 is 23.5 Å². The molecule has 0 aliphatic carbocycles. The molecule has 1 amide bonds. The van der Waals surface area contributed by atoms with Gasteiger partial charge in [-0.2, -0.15) is 0 Å². The van der Waals surface area contributed by atoms with Gasteiger partial charge < -0.3 is 14.5 Å². The Morgan fingerprint density at radius 3 is 2.50 bits per heavy atom. The fraction of sp³-hybridized carbons (Fsp3) is 0.600. The Hall–Kier alpha value is -1.78. The van der Waals surface area contributed by atoms with E-state index in [1.807, 2.05) is 13.8 Å². The molecule has 0 unspecified atom stereocenters. The Balaban J connectivity index is 2.79. The molecule has 0 fully saturated rings. The number of carbonyl (C=O) groups excluding carboxylic acids is 2. The van der Waals surface area contributed by atoms with Gasteiger partial charge in [-0.1, -0.05) is 20.3 Å². The van der Waals surface area contributed by atoms with Crippen LogP contribution in [0.5, 0.6) is 0 Å². The molecule has 0 aliphatic rings. The average Bonchev–Trinajstić information content (AvgIpc) is 2.86. The van der Waals surface area contributed by atoms with Gasteiger partial charge in [0.05, 0.1) is 6.26 Å². The first-order valence-electron chi connectivity index (χ1n) is 6.82. The van der Waals surface area contributed by atoms with Crippen molar-refractivity contribution >= 4 is 11.9 Å². The summed E-state index contributed by atoms with van der Waals surface area (Å²) < 4.78 is 10.4. The van der Waals surface area contributed by atoms with Crippen LogP contribution in [0.1, 0.15) is 51.6 Å². The smallest absolute Gasteiger partial charge is 0.329 e. The van der Waals surface area contributed by atoms with Gasteiger partial charge in [0.25, 0.3) is 5.91 Å². The summed E-state index contributed by atoms with van der Waals surface area (Å²) in [7, 11) is 0. The van der Waals surface area contributed by atoms with Crippen molar-refractivity contribution in [3.63, 3.8) is 0 Å². The van der Waals surface area contributed by atoms with Crippen LogP contribution < -0.4 is 5.32 Å². The minimum Gasteiger partial charge on any atom is -0.459 e. The van der Waals surface area contributed by atoms with Crippen molar-refractivity contribution in [2.24, 2.45) is 5.92 Å². The fourth-order valence-electron chi connectivity index (χ4n) is 1.65. The standard InChI is InChI=1S/C15H23NO4/c1-6-10(2)12(14(18)20-15(3,4)5)16-13(17)11-8-7-9-19-11/h7-10,12H,6H2,1-5H3,(H,16,17)/t10-,12-/m0/s1. The molecule has 0 spiro atoms. The van der Waals surface area contributed by atoms with Crippen LogP contribution >= 0.6 is 0 Å². The van der Waals surface area contributed by atoms with E-state index in [1.54, 1.807) is 32.9 Å². The highest BCUT2D eigenvalue weighted by molar-refractivity contribution is 5.94. The third-order valence-corrected chi connectivity index (χ3v) is 2.91. The van der Waals surface area contributed by atoms with Gasteiger partial charge in [-0.3, -0.25) is 4.79 Å². The summed E-state index contributed by atoms with van der Waals surface area (Å²) in [5.74, 6) is -0.677. The van der Waals surface area contributed by atoms with Crippen molar-refractivity contribution in [2.45, 2.75) is 52.7 Å². The van der Waals surface area contributed by atoms with Gasteiger partial charge in [0.2, 0.25) is 0 Å². The van der Waals surface area contributed by atoms with Gasteiger partial charge >= 0.3 is 5.97 Å². The quantitative estimate of drug-likeness (QED) is 0.843. The van der Waals surface area contributed by atoms with Crippen LogP contribution in [0.2, 0.25) is 0 Å². The van der Waals surface area contributed by atoms with Crippen molar-refractivity contribution in [3.8, 4) is 0 Å². The molecule has 0 saturated carbocycles. The van der Waals surface area contributed by atoms with Crippen molar-refractivity contribution < 1.29 is 18.7 Å². The summed E-state index contributed by atoms with van der Waals surface area (Å²) in [5, 5.41) is 2.69. The summed E-state index contributed by atoms with van der Waals surface area (Å²) in [4.78, 5) is 24.2. The first-order chi connectivity index (χ1) is 9.24. The highest BCUT2D eigenvalue weighted by Crippen LogP contribution is 2.15. The minimum atomic E-state index is -0.683. The third kappa shape index (κ3) is 4.72.